The van der Waals surface area contributed by atoms with Crippen LogP contribution >= 0.6 is 0 Å². The fourth-order valence-corrected chi connectivity index (χ4v) is 2.61. The van der Waals surface area contributed by atoms with E-state index in [1.165, 1.54) is 12.1 Å². The summed E-state index contributed by atoms with van der Waals surface area (Å²) in [5.74, 6) is 5.23. The number of sulfonamides is 1. The molecule has 2 rings (SSSR count). The van der Waals surface area contributed by atoms with Crippen LogP contribution in [-0.2, 0) is 16.6 Å². The van der Waals surface area contributed by atoms with E-state index in [4.69, 9.17) is 5.84 Å². The molecular weight excluding hydrogens is 262 g/mol. The van der Waals surface area contributed by atoms with Crippen molar-refractivity contribution in [1.29, 1.82) is 0 Å². The van der Waals surface area contributed by atoms with Crippen molar-refractivity contribution in [2.75, 3.05) is 5.43 Å². The maximum absolute atomic E-state index is 12.0. The summed E-state index contributed by atoms with van der Waals surface area (Å²) in [7, 11) is -3.50. The zero-order valence-corrected chi connectivity index (χ0v) is 11.0. The Balaban J connectivity index is 2.09. The molecule has 4 N–H and O–H groups in total. The van der Waals surface area contributed by atoms with Gasteiger partial charge >= 0.3 is 0 Å². The molecule has 0 bridgehead atoms. The fraction of sp³-hybridized carbons (Fsp3) is 0.0769. The molecule has 0 aliphatic rings. The summed E-state index contributed by atoms with van der Waals surface area (Å²) in [6.45, 7) is 0.264. The topological polar surface area (TPSA) is 84.2 Å². The first-order chi connectivity index (χ1) is 9.12. The fourth-order valence-electron chi connectivity index (χ4n) is 1.59. The highest BCUT2D eigenvalue weighted by atomic mass is 32.2. The lowest BCUT2D eigenvalue weighted by Crippen LogP contribution is -2.23. The van der Waals surface area contributed by atoms with Crippen LogP contribution in [-0.4, -0.2) is 8.42 Å². The number of nitrogen functional groups attached to an aromatic ring is 1. The molecule has 5 nitrogen and oxygen atoms in total. The molecule has 6 heteroatoms. The molecule has 100 valence electrons. The number of hydrogen-bond donors (Lipinski definition) is 3. The highest BCUT2D eigenvalue weighted by molar-refractivity contribution is 7.89. The lowest BCUT2D eigenvalue weighted by molar-refractivity contribution is 0.581. The predicted octanol–water partition coefficient (Wildman–Crippen LogP) is 1.45. The minimum Gasteiger partial charge on any atom is -0.324 e. The molecule has 0 radical (unpaired) electrons. The maximum Gasteiger partial charge on any atom is 0.240 e. The van der Waals surface area contributed by atoms with Crippen molar-refractivity contribution in [3.05, 3.63) is 60.2 Å². The molecule has 0 aliphatic carbocycles. The molecule has 2 aromatic rings. The molecule has 19 heavy (non-hydrogen) atoms. The van der Waals surface area contributed by atoms with Crippen molar-refractivity contribution in [2.24, 2.45) is 5.84 Å². The first-order valence-corrected chi connectivity index (χ1v) is 7.20. The average molecular weight is 277 g/mol. The van der Waals surface area contributed by atoms with E-state index in [9.17, 15) is 8.42 Å². The quantitative estimate of drug-likeness (QED) is 0.570. The second-order valence-electron chi connectivity index (χ2n) is 3.98. The van der Waals surface area contributed by atoms with E-state index in [0.29, 0.717) is 5.69 Å². The molecule has 0 saturated carbocycles. The Labute approximate surface area is 112 Å². The third-order valence-electron chi connectivity index (χ3n) is 2.64. The number of rotatable bonds is 5. The van der Waals surface area contributed by atoms with Gasteiger partial charge in [0, 0.05) is 12.2 Å². The lowest BCUT2D eigenvalue weighted by atomic mass is 10.2. The molecule has 2 aromatic carbocycles. The summed E-state index contributed by atoms with van der Waals surface area (Å²) < 4.78 is 26.6. The van der Waals surface area contributed by atoms with Crippen molar-refractivity contribution < 1.29 is 8.42 Å². The normalized spacial score (nSPS) is 11.2. The van der Waals surface area contributed by atoms with E-state index in [1.54, 1.807) is 12.1 Å². The van der Waals surface area contributed by atoms with E-state index < -0.39 is 10.0 Å². The summed E-state index contributed by atoms with van der Waals surface area (Å²) in [4.78, 5) is 0.211. The number of anilines is 1. The minimum absolute atomic E-state index is 0.211. The maximum atomic E-state index is 12.0. The highest BCUT2D eigenvalue weighted by Crippen LogP contribution is 2.13. The summed E-state index contributed by atoms with van der Waals surface area (Å²) >= 11 is 0. The zero-order chi connectivity index (χ0) is 13.7. The number of nitrogens with two attached hydrogens (primary N) is 1. The Hall–Kier alpha value is -1.89. The van der Waals surface area contributed by atoms with Gasteiger partial charge < -0.3 is 5.43 Å². The van der Waals surface area contributed by atoms with Gasteiger partial charge in [-0.25, -0.2) is 13.1 Å². The molecule has 0 aliphatic heterocycles. The lowest BCUT2D eigenvalue weighted by Gasteiger charge is -2.07. The Morgan fingerprint density at radius 3 is 2.16 bits per heavy atom. The van der Waals surface area contributed by atoms with Gasteiger partial charge in [-0.2, -0.15) is 0 Å². The van der Waals surface area contributed by atoms with Crippen molar-refractivity contribution >= 4 is 15.7 Å². The van der Waals surface area contributed by atoms with Gasteiger partial charge in [0.25, 0.3) is 0 Å². The third kappa shape index (κ3) is 3.54. The summed E-state index contributed by atoms with van der Waals surface area (Å²) in [6, 6.07) is 15.6. The van der Waals surface area contributed by atoms with Crippen molar-refractivity contribution in [3.8, 4) is 0 Å². The molecule has 0 spiro atoms. The Morgan fingerprint density at radius 1 is 0.947 bits per heavy atom. The van der Waals surface area contributed by atoms with E-state index in [-0.39, 0.29) is 11.4 Å². The SMILES string of the molecule is NNc1ccc(S(=O)(=O)NCc2ccccc2)cc1. The van der Waals surface area contributed by atoms with Crippen molar-refractivity contribution in [1.82, 2.24) is 4.72 Å². The summed E-state index contributed by atoms with van der Waals surface area (Å²) in [6.07, 6.45) is 0. The van der Waals surface area contributed by atoms with Gasteiger partial charge in [-0.3, -0.25) is 5.84 Å². The Kier molecular flexibility index (Phi) is 4.16. The Bertz CT molecular complexity index is 625. The number of hydrogen-bond acceptors (Lipinski definition) is 4. The molecule has 0 unspecified atom stereocenters. The van der Waals surface area contributed by atoms with E-state index in [0.717, 1.165) is 5.56 Å². The zero-order valence-electron chi connectivity index (χ0n) is 10.2. The predicted molar refractivity (Wildman–Crippen MR) is 74.7 cm³/mol. The molecular formula is C13H15N3O2S. The van der Waals surface area contributed by atoms with Gasteiger partial charge in [0.2, 0.25) is 10.0 Å². The molecule has 0 saturated heterocycles. The van der Waals surface area contributed by atoms with Crippen molar-refractivity contribution in [2.45, 2.75) is 11.4 Å². The van der Waals surface area contributed by atoms with Gasteiger partial charge in [0.15, 0.2) is 0 Å². The van der Waals surface area contributed by atoms with Gasteiger partial charge in [-0.15, -0.1) is 0 Å². The van der Waals surface area contributed by atoms with Gasteiger partial charge in [0.1, 0.15) is 0 Å². The Morgan fingerprint density at radius 2 is 1.58 bits per heavy atom. The van der Waals surface area contributed by atoms with Crippen LogP contribution in [0.1, 0.15) is 5.56 Å². The molecule has 0 aromatic heterocycles. The number of hydrazine groups is 1. The second-order valence-corrected chi connectivity index (χ2v) is 5.75. The van der Waals surface area contributed by atoms with Gasteiger partial charge in [0.05, 0.1) is 4.90 Å². The van der Waals surface area contributed by atoms with Crippen LogP contribution in [0.25, 0.3) is 0 Å². The van der Waals surface area contributed by atoms with Crippen LogP contribution < -0.4 is 16.0 Å². The molecule has 0 amide bonds. The smallest absolute Gasteiger partial charge is 0.240 e. The van der Waals surface area contributed by atoms with Crippen LogP contribution in [0.3, 0.4) is 0 Å². The monoisotopic (exact) mass is 277 g/mol. The van der Waals surface area contributed by atoms with Crippen molar-refractivity contribution in [3.63, 3.8) is 0 Å². The third-order valence-corrected chi connectivity index (χ3v) is 4.06. The van der Waals surface area contributed by atoms with Crippen LogP contribution in [0.2, 0.25) is 0 Å². The molecule has 0 fully saturated rings. The first-order valence-electron chi connectivity index (χ1n) is 5.72. The standard InChI is InChI=1S/C13H15N3O2S/c14-16-12-6-8-13(9-7-12)19(17,18)15-10-11-4-2-1-3-5-11/h1-9,15-16H,10,14H2. The second kappa shape index (κ2) is 5.83. The number of benzene rings is 2. The van der Waals surface area contributed by atoms with E-state index in [2.05, 4.69) is 10.1 Å². The highest BCUT2D eigenvalue weighted by Gasteiger charge is 2.13. The van der Waals surface area contributed by atoms with Crippen LogP contribution in [0.15, 0.2) is 59.5 Å². The largest absolute Gasteiger partial charge is 0.324 e. The van der Waals surface area contributed by atoms with Gasteiger partial charge in [-0.05, 0) is 29.8 Å². The average Bonchev–Trinajstić information content (AvgIpc) is 2.46. The van der Waals surface area contributed by atoms with E-state index in [1.807, 2.05) is 30.3 Å². The van der Waals surface area contributed by atoms with Crippen LogP contribution in [0, 0.1) is 0 Å². The first kappa shape index (κ1) is 13.5. The molecule has 0 heterocycles. The molecule has 0 atom stereocenters. The van der Waals surface area contributed by atoms with E-state index >= 15 is 0 Å². The van der Waals surface area contributed by atoms with Crippen LogP contribution in [0.4, 0.5) is 5.69 Å². The number of nitrogens with one attached hydrogen (secondary N) is 2. The summed E-state index contributed by atoms with van der Waals surface area (Å²) in [5, 5.41) is 0. The van der Waals surface area contributed by atoms with Gasteiger partial charge in [-0.1, -0.05) is 30.3 Å². The summed E-state index contributed by atoms with van der Waals surface area (Å²) in [5.41, 5.74) is 4.01. The van der Waals surface area contributed by atoms with Crippen LogP contribution in [0.5, 0.6) is 0 Å². The minimum atomic E-state index is -3.50.